The van der Waals surface area contributed by atoms with E-state index in [2.05, 4.69) is 4.98 Å². The summed E-state index contributed by atoms with van der Waals surface area (Å²) in [5.74, 6) is -1.20. The van der Waals surface area contributed by atoms with Crippen LogP contribution in [0.25, 0.3) is 0 Å². The molecular formula is C18H12N6. The number of nitrogens with zero attached hydrogens (tertiary/aromatic N) is 5. The lowest BCUT2D eigenvalue weighted by Crippen LogP contribution is -2.11. The fourth-order valence-electron chi connectivity index (χ4n) is 2.37. The molecule has 1 aromatic heterocycles. The van der Waals surface area contributed by atoms with E-state index >= 15 is 0 Å². The van der Waals surface area contributed by atoms with Crippen molar-refractivity contribution in [3.05, 3.63) is 58.4 Å². The summed E-state index contributed by atoms with van der Waals surface area (Å²) >= 11 is 0. The second kappa shape index (κ2) is 7.41. The van der Waals surface area contributed by atoms with Crippen molar-refractivity contribution >= 4 is 5.69 Å². The topological polar surface area (TPSA) is 134 Å². The molecule has 0 fully saturated rings. The van der Waals surface area contributed by atoms with E-state index in [1.54, 1.807) is 12.1 Å². The van der Waals surface area contributed by atoms with Crippen molar-refractivity contribution in [3.8, 4) is 24.3 Å². The van der Waals surface area contributed by atoms with Crippen LogP contribution in [0.1, 0.15) is 34.0 Å². The lowest BCUT2D eigenvalue weighted by Gasteiger charge is -2.12. The second-order valence-electron chi connectivity index (χ2n) is 5.01. The first-order valence-corrected chi connectivity index (χ1v) is 7.11. The molecule has 0 aliphatic heterocycles. The van der Waals surface area contributed by atoms with Gasteiger partial charge < -0.3 is 5.73 Å². The summed E-state index contributed by atoms with van der Waals surface area (Å²) in [5.41, 5.74) is 7.41. The molecule has 114 valence electrons. The van der Waals surface area contributed by atoms with Gasteiger partial charge in [-0.15, -0.1) is 0 Å². The van der Waals surface area contributed by atoms with Gasteiger partial charge in [0.2, 0.25) is 0 Å². The number of pyridine rings is 1. The molecule has 24 heavy (non-hydrogen) atoms. The molecule has 6 nitrogen and oxygen atoms in total. The zero-order valence-electron chi connectivity index (χ0n) is 12.7. The van der Waals surface area contributed by atoms with Crippen LogP contribution in [0.5, 0.6) is 0 Å². The number of anilines is 1. The number of benzene rings is 1. The highest BCUT2D eigenvalue weighted by Crippen LogP contribution is 2.27. The van der Waals surface area contributed by atoms with E-state index in [4.69, 9.17) is 16.3 Å². The molecule has 0 spiro atoms. The van der Waals surface area contributed by atoms with Gasteiger partial charge in [0.15, 0.2) is 5.92 Å². The van der Waals surface area contributed by atoms with E-state index in [1.165, 1.54) is 0 Å². The molecule has 0 atom stereocenters. The summed E-state index contributed by atoms with van der Waals surface area (Å²) < 4.78 is 0. The SMILES string of the molecule is N#Cc1c(CCc2ccccc2)nc(C(C#N)C#N)c(C#N)c1N. The number of nitriles is 4. The third kappa shape index (κ3) is 3.14. The standard InChI is InChI=1S/C18H12N6/c19-8-13(9-20)18-15(11-22)17(23)14(10-21)16(24-18)7-6-12-4-2-1-3-5-12/h1-5,13H,6-7H2,(H2,23,24). The number of aryl methyl sites for hydroxylation is 2. The van der Waals surface area contributed by atoms with Gasteiger partial charge in [0, 0.05) is 0 Å². The van der Waals surface area contributed by atoms with Crippen LogP contribution in [0.3, 0.4) is 0 Å². The number of nitrogens with two attached hydrogens (primary N) is 1. The van der Waals surface area contributed by atoms with Crippen molar-refractivity contribution in [1.29, 1.82) is 21.0 Å². The van der Waals surface area contributed by atoms with Crippen molar-refractivity contribution in [3.63, 3.8) is 0 Å². The van der Waals surface area contributed by atoms with Crippen LogP contribution in [0.15, 0.2) is 30.3 Å². The van der Waals surface area contributed by atoms with Gasteiger partial charge in [-0.2, -0.15) is 21.0 Å². The molecule has 6 heteroatoms. The van der Waals surface area contributed by atoms with Crippen LogP contribution in [0.2, 0.25) is 0 Å². The molecule has 2 aromatic rings. The first-order chi connectivity index (χ1) is 11.7. The first kappa shape index (κ1) is 16.5. The fourth-order valence-corrected chi connectivity index (χ4v) is 2.37. The Labute approximate surface area is 139 Å². The van der Waals surface area contributed by atoms with Crippen molar-refractivity contribution < 1.29 is 0 Å². The van der Waals surface area contributed by atoms with Gasteiger partial charge in [0.05, 0.1) is 34.8 Å². The highest BCUT2D eigenvalue weighted by molar-refractivity contribution is 5.68. The van der Waals surface area contributed by atoms with Gasteiger partial charge in [0.1, 0.15) is 17.7 Å². The summed E-state index contributed by atoms with van der Waals surface area (Å²) in [7, 11) is 0. The molecule has 0 aliphatic rings. The molecule has 2 N–H and O–H groups in total. The molecule has 0 saturated carbocycles. The van der Waals surface area contributed by atoms with Gasteiger partial charge in [-0.3, -0.25) is 4.98 Å². The number of nitrogen functional groups attached to an aromatic ring is 1. The average molecular weight is 312 g/mol. The first-order valence-electron chi connectivity index (χ1n) is 7.11. The Kier molecular flexibility index (Phi) is 5.09. The molecule has 0 unspecified atom stereocenters. The van der Waals surface area contributed by atoms with Crippen LogP contribution in [-0.4, -0.2) is 4.98 Å². The maximum absolute atomic E-state index is 9.35. The van der Waals surface area contributed by atoms with E-state index in [0.717, 1.165) is 5.56 Å². The summed E-state index contributed by atoms with van der Waals surface area (Å²) in [5, 5.41) is 36.8. The van der Waals surface area contributed by atoms with Gasteiger partial charge in [-0.1, -0.05) is 30.3 Å². The summed E-state index contributed by atoms with van der Waals surface area (Å²) in [6.45, 7) is 0. The van der Waals surface area contributed by atoms with Crippen molar-refractivity contribution in [2.24, 2.45) is 0 Å². The molecule has 0 saturated heterocycles. The van der Waals surface area contributed by atoms with Crippen LogP contribution in [0, 0.1) is 45.3 Å². The molecule has 0 amide bonds. The Balaban J connectivity index is 2.51. The van der Waals surface area contributed by atoms with Crippen LogP contribution >= 0.6 is 0 Å². The van der Waals surface area contributed by atoms with Crippen LogP contribution < -0.4 is 5.73 Å². The smallest absolute Gasteiger partial charge is 0.176 e. The fraction of sp³-hybridized carbons (Fsp3) is 0.167. The predicted molar refractivity (Wildman–Crippen MR) is 85.9 cm³/mol. The highest BCUT2D eigenvalue weighted by Gasteiger charge is 2.23. The van der Waals surface area contributed by atoms with E-state index in [0.29, 0.717) is 18.5 Å². The highest BCUT2D eigenvalue weighted by atomic mass is 14.8. The minimum absolute atomic E-state index is 0.0158. The number of hydrogen-bond acceptors (Lipinski definition) is 6. The predicted octanol–water partition coefficient (Wildman–Crippen LogP) is 2.32. The third-order valence-electron chi connectivity index (χ3n) is 3.59. The molecule has 2 rings (SSSR count). The maximum Gasteiger partial charge on any atom is 0.176 e. The van der Waals surface area contributed by atoms with Crippen molar-refractivity contribution in [1.82, 2.24) is 4.98 Å². The number of hydrogen-bond donors (Lipinski definition) is 1. The van der Waals surface area contributed by atoms with Gasteiger partial charge in [-0.05, 0) is 18.4 Å². The normalized spacial score (nSPS) is 9.54. The molecule has 1 aromatic carbocycles. The Morgan fingerprint density at radius 1 is 0.917 bits per heavy atom. The van der Waals surface area contributed by atoms with E-state index in [-0.39, 0.29) is 22.5 Å². The molecule has 0 bridgehead atoms. The zero-order chi connectivity index (χ0) is 17.5. The minimum atomic E-state index is -1.20. The maximum atomic E-state index is 9.35. The van der Waals surface area contributed by atoms with Gasteiger partial charge in [0.25, 0.3) is 0 Å². The second-order valence-corrected chi connectivity index (χ2v) is 5.01. The molecule has 1 heterocycles. The largest absolute Gasteiger partial charge is 0.396 e. The zero-order valence-corrected chi connectivity index (χ0v) is 12.7. The molecular weight excluding hydrogens is 300 g/mol. The van der Waals surface area contributed by atoms with Crippen molar-refractivity contribution in [2.75, 3.05) is 5.73 Å². The third-order valence-corrected chi connectivity index (χ3v) is 3.59. The van der Waals surface area contributed by atoms with E-state index in [9.17, 15) is 10.5 Å². The molecule has 0 radical (unpaired) electrons. The quantitative estimate of drug-likeness (QED) is 0.920. The van der Waals surface area contributed by atoms with Gasteiger partial charge >= 0.3 is 0 Å². The van der Waals surface area contributed by atoms with Crippen LogP contribution in [-0.2, 0) is 12.8 Å². The van der Waals surface area contributed by atoms with Gasteiger partial charge in [-0.25, -0.2) is 0 Å². The Hall–Kier alpha value is -3.87. The van der Waals surface area contributed by atoms with E-state index in [1.807, 2.05) is 42.5 Å². The van der Waals surface area contributed by atoms with E-state index < -0.39 is 5.92 Å². The number of rotatable bonds is 4. The lowest BCUT2D eigenvalue weighted by molar-refractivity contribution is 0.875. The molecule has 0 aliphatic carbocycles. The Morgan fingerprint density at radius 2 is 1.54 bits per heavy atom. The minimum Gasteiger partial charge on any atom is -0.396 e. The number of aromatic nitrogens is 1. The van der Waals surface area contributed by atoms with Crippen molar-refractivity contribution in [2.45, 2.75) is 18.8 Å². The van der Waals surface area contributed by atoms with Crippen LogP contribution in [0.4, 0.5) is 5.69 Å². The Morgan fingerprint density at radius 3 is 2.08 bits per heavy atom. The average Bonchev–Trinajstić information content (AvgIpc) is 2.62. The summed E-state index contributed by atoms with van der Waals surface area (Å²) in [6.07, 6.45) is 1.04. The monoisotopic (exact) mass is 312 g/mol. The Bertz CT molecular complexity index is 906. The summed E-state index contributed by atoms with van der Waals surface area (Å²) in [6, 6.07) is 17.0. The lowest BCUT2D eigenvalue weighted by atomic mass is 9.96. The summed E-state index contributed by atoms with van der Waals surface area (Å²) in [4.78, 5) is 4.26.